The fourth-order valence-corrected chi connectivity index (χ4v) is 2.08. The first-order valence-electron chi connectivity index (χ1n) is 5.79. The van der Waals surface area contributed by atoms with Crippen molar-refractivity contribution < 1.29 is 13.6 Å². The molecule has 0 saturated carbocycles. The van der Waals surface area contributed by atoms with Gasteiger partial charge in [0.25, 0.3) is 5.91 Å². The number of hydrogen-bond acceptors (Lipinski definition) is 2. The average molecular weight is 371 g/mol. The zero-order valence-electron chi connectivity index (χ0n) is 10.5. The van der Waals surface area contributed by atoms with Crippen LogP contribution in [0.4, 0.5) is 14.5 Å². The number of hydrogen-bond donors (Lipinski definition) is 2. The van der Waals surface area contributed by atoms with Crippen LogP contribution in [-0.4, -0.2) is 11.0 Å². The van der Waals surface area contributed by atoms with Gasteiger partial charge in [-0.05, 0) is 46.3 Å². The van der Waals surface area contributed by atoms with Crippen molar-refractivity contribution in [3.63, 3.8) is 0 Å². The van der Waals surface area contributed by atoms with E-state index in [1.807, 2.05) is 0 Å². The van der Waals surface area contributed by atoms with Gasteiger partial charge in [-0.3, -0.25) is 10.1 Å². The van der Waals surface area contributed by atoms with Gasteiger partial charge in [0.15, 0.2) is 5.11 Å². The van der Waals surface area contributed by atoms with Gasteiger partial charge in [0.2, 0.25) is 0 Å². The van der Waals surface area contributed by atoms with E-state index in [4.69, 9.17) is 12.2 Å². The smallest absolute Gasteiger partial charge is 0.257 e. The number of carbonyl (C=O) groups is 1. The second-order valence-corrected chi connectivity index (χ2v) is 5.28. The van der Waals surface area contributed by atoms with Crippen molar-refractivity contribution in [3.8, 4) is 0 Å². The molecule has 0 fully saturated rings. The summed E-state index contributed by atoms with van der Waals surface area (Å²) in [5.74, 6) is -1.96. The van der Waals surface area contributed by atoms with E-state index in [0.29, 0.717) is 11.6 Å². The topological polar surface area (TPSA) is 41.1 Å². The Morgan fingerprint density at radius 3 is 2.43 bits per heavy atom. The maximum atomic E-state index is 13.6. The molecule has 0 unspecified atom stereocenters. The molecule has 0 bridgehead atoms. The molecule has 108 valence electrons. The molecule has 0 aliphatic carbocycles. The Bertz CT molecular complexity index is 695. The predicted octanol–water partition coefficient (Wildman–Crippen LogP) is 3.85. The Kier molecular flexibility index (Phi) is 4.98. The summed E-state index contributed by atoms with van der Waals surface area (Å²) >= 11 is 7.87. The van der Waals surface area contributed by atoms with Crippen LogP contribution in [0, 0.1) is 11.6 Å². The molecule has 0 spiro atoms. The summed E-state index contributed by atoms with van der Waals surface area (Å²) in [6.45, 7) is 0. The largest absolute Gasteiger partial charge is 0.330 e. The number of halogens is 3. The van der Waals surface area contributed by atoms with Crippen LogP contribution in [0.25, 0.3) is 0 Å². The summed E-state index contributed by atoms with van der Waals surface area (Å²) in [5, 5.41) is 4.84. The molecule has 0 aliphatic rings. The number of nitrogens with one attached hydrogen (secondary N) is 2. The van der Waals surface area contributed by atoms with Gasteiger partial charge < -0.3 is 5.32 Å². The van der Waals surface area contributed by atoms with Gasteiger partial charge in [-0.25, -0.2) is 8.78 Å². The number of thiocarbonyl (C=S) groups is 1. The zero-order chi connectivity index (χ0) is 15.4. The quantitative estimate of drug-likeness (QED) is 0.623. The van der Waals surface area contributed by atoms with E-state index in [9.17, 15) is 13.6 Å². The maximum absolute atomic E-state index is 13.6. The monoisotopic (exact) mass is 370 g/mol. The lowest BCUT2D eigenvalue weighted by Crippen LogP contribution is -2.34. The first-order chi connectivity index (χ1) is 9.97. The molecular formula is C14H9BrF2N2OS. The molecule has 2 aromatic rings. The van der Waals surface area contributed by atoms with Crippen molar-refractivity contribution in [2.24, 2.45) is 0 Å². The van der Waals surface area contributed by atoms with Crippen LogP contribution in [0.2, 0.25) is 0 Å². The molecule has 0 saturated heterocycles. The van der Waals surface area contributed by atoms with E-state index in [1.54, 1.807) is 30.3 Å². The van der Waals surface area contributed by atoms with E-state index in [-0.39, 0.29) is 15.3 Å². The summed E-state index contributed by atoms with van der Waals surface area (Å²) in [5.41, 5.74) is 0.379. The molecular weight excluding hydrogens is 362 g/mol. The average Bonchev–Trinajstić information content (AvgIpc) is 2.45. The lowest BCUT2D eigenvalue weighted by molar-refractivity contribution is 0.0977. The van der Waals surface area contributed by atoms with Gasteiger partial charge in [0.1, 0.15) is 11.6 Å². The molecule has 2 N–H and O–H groups in total. The third-order valence-electron chi connectivity index (χ3n) is 2.52. The molecule has 7 heteroatoms. The molecule has 3 nitrogen and oxygen atoms in total. The van der Waals surface area contributed by atoms with Crippen LogP contribution in [0.15, 0.2) is 46.9 Å². The van der Waals surface area contributed by atoms with Crippen molar-refractivity contribution in [2.75, 3.05) is 5.32 Å². The van der Waals surface area contributed by atoms with Gasteiger partial charge in [-0.2, -0.15) is 0 Å². The van der Waals surface area contributed by atoms with Crippen molar-refractivity contribution >= 4 is 44.9 Å². The third kappa shape index (κ3) is 4.05. The van der Waals surface area contributed by atoms with E-state index in [0.717, 1.165) is 0 Å². The van der Waals surface area contributed by atoms with Gasteiger partial charge >= 0.3 is 0 Å². The Labute approximate surface area is 133 Å². The van der Waals surface area contributed by atoms with Crippen molar-refractivity contribution in [1.82, 2.24) is 5.32 Å². The van der Waals surface area contributed by atoms with Crippen LogP contribution in [0.1, 0.15) is 10.4 Å². The fourth-order valence-electron chi connectivity index (χ4n) is 1.54. The first kappa shape index (κ1) is 15.5. The minimum absolute atomic E-state index is 0.0402. The molecule has 21 heavy (non-hydrogen) atoms. The molecule has 1 amide bonds. The maximum Gasteiger partial charge on any atom is 0.257 e. The standard InChI is InChI=1S/C14H9BrF2N2OS/c15-9-6-12(11(17)7-10(9)16)18-14(21)19-13(20)8-4-2-1-3-5-8/h1-7H,(H2,18,19,20,21). The molecule has 2 aromatic carbocycles. The second kappa shape index (κ2) is 6.73. The van der Waals surface area contributed by atoms with E-state index >= 15 is 0 Å². The second-order valence-electron chi connectivity index (χ2n) is 4.02. The van der Waals surface area contributed by atoms with Crippen LogP contribution in [0.5, 0.6) is 0 Å². The lowest BCUT2D eigenvalue weighted by Gasteiger charge is -2.11. The summed E-state index contributed by atoms with van der Waals surface area (Å²) in [6, 6.07) is 10.3. The van der Waals surface area contributed by atoms with E-state index in [1.165, 1.54) is 6.07 Å². The van der Waals surface area contributed by atoms with Crippen molar-refractivity contribution in [1.29, 1.82) is 0 Å². The number of anilines is 1. The Morgan fingerprint density at radius 2 is 1.76 bits per heavy atom. The van der Waals surface area contributed by atoms with Crippen molar-refractivity contribution in [3.05, 3.63) is 64.1 Å². The molecule has 0 aliphatic heterocycles. The highest BCUT2D eigenvalue weighted by molar-refractivity contribution is 9.10. The van der Waals surface area contributed by atoms with E-state index in [2.05, 4.69) is 26.6 Å². The van der Waals surface area contributed by atoms with Crippen LogP contribution < -0.4 is 10.6 Å². The normalized spacial score (nSPS) is 10.0. The summed E-state index contributed by atoms with van der Waals surface area (Å²) in [7, 11) is 0. The van der Waals surface area contributed by atoms with Crippen molar-refractivity contribution in [2.45, 2.75) is 0 Å². The molecule has 2 rings (SSSR count). The van der Waals surface area contributed by atoms with Gasteiger partial charge in [-0.1, -0.05) is 18.2 Å². The van der Waals surface area contributed by atoms with Crippen LogP contribution >= 0.6 is 28.1 Å². The molecule has 0 radical (unpaired) electrons. The van der Waals surface area contributed by atoms with Crippen LogP contribution in [-0.2, 0) is 0 Å². The highest BCUT2D eigenvalue weighted by Gasteiger charge is 2.11. The number of benzene rings is 2. The summed E-state index contributed by atoms with van der Waals surface area (Å²) in [6.07, 6.45) is 0. The Morgan fingerprint density at radius 1 is 1.10 bits per heavy atom. The molecule has 0 heterocycles. The number of carbonyl (C=O) groups excluding carboxylic acids is 1. The zero-order valence-corrected chi connectivity index (χ0v) is 12.9. The fraction of sp³-hybridized carbons (Fsp3) is 0. The first-order valence-corrected chi connectivity index (χ1v) is 6.99. The van der Waals surface area contributed by atoms with Gasteiger partial charge in [0.05, 0.1) is 10.2 Å². The lowest BCUT2D eigenvalue weighted by atomic mass is 10.2. The van der Waals surface area contributed by atoms with Gasteiger partial charge in [-0.15, -0.1) is 0 Å². The summed E-state index contributed by atoms with van der Waals surface area (Å²) < 4.78 is 26.8. The number of rotatable bonds is 2. The highest BCUT2D eigenvalue weighted by Crippen LogP contribution is 2.23. The van der Waals surface area contributed by atoms with Crippen LogP contribution in [0.3, 0.4) is 0 Å². The Hall–Kier alpha value is -1.86. The minimum atomic E-state index is -0.813. The summed E-state index contributed by atoms with van der Waals surface area (Å²) in [4.78, 5) is 11.8. The minimum Gasteiger partial charge on any atom is -0.330 e. The SMILES string of the molecule is O=C(NC(=S)Nc1cc(Br)c(F)cc1F)c1ccccc1. The molecule has 0 atom stereocenters. The van der Waals surface area contributed by atoms with E-state index < -0.39 is 17.5 Å². The predicted molar refractivity (Wildman–Crippen MR) is 84.2 cm³/mol. The third-order valence-corrected chi connectivity index (χ3v) is 3.33. The highest BCUT2D eigenvalue weighted by atomic mass is 79.9. The van der Waals surface area contributed by atoms with Gasteiger partial charge in [0, 0.05) is 11.6 Å². The number of amides is 1. The Balaban J connectivity index is 2.06. The molecule has 0 aromatic heterocycles.